The predicted molar refractivity (Wildman–Crippen MR) is 95.6 cm³/mol. The number of non-ortho nitro benzene ring substituents is 1. The fourth-order valence-corrected chi connectivity index (χ4v) is 2.72. The molecule has 3 N–H and O–H groups in total. The molecule has 1 amide bonds. The van der Waals surface area contributed by atoms with Crippen LogP contribution in [0.3, 0.4) is 0 Å². The fourth-order valence-electron chi connectivity index (χ4n) is 2.72. The van der Waals surface area contributed by atoms with Crippen molar-refractivity contribution in [3.05, 3.63) is 46.1 Å². The van der Waals surface area contributed by atoms with Gasteiger partial charge in [-0.2, -0.15) is 5.10 Å². The van der Waals surface area contributed by atoms with Gasteiger partial charge in [-0.05, 0) is 30.9 Å². The maximum absolute atomic E-state index is 12.6. The van der Waals surface area contributed by atoms with Crippen molar-refractivity contribution in [2.45, 2.75) is 18.9 Å². The van der Waals surface area contributed by atoms with Gasteiger partial charge in [0.05, 0.1) is 10.5 Å². The minimum atomic E-state index is -0.461. The second-order valence-electron chi connectivity index (χ2n) is 6.02. The number of carbonyl (C=O) groups excluding carboxylic acids is 1. The second kappa shape index (κ2) is 7.62. The number of hydrogen-bond donors (Lipinski definition) is 2. The quantitative estimate of drug-likeness (QED) is 0.599. The number of carbonyl (C=O) groups is 1. The van der Waals surface area contributed by atoms with E-state index < -0.39 is 4.92 Å². The molecule has 2 aromatic rings. The number of halogens is 1. The summed E-state index contributed by atoms with van der Waals surface area (Å²) in [4.78, 5) is 22.9. The summed E-state index contributed by atoms with van der Waals surface area (Å²) in [6.45, 7) is 0.406. The van der Waals surface area contributed by atoms with Crippen molar-refractivity contribution >= 4 is 24.0 Å². The van der Waals surface area contributed by atoms with E-state index >= 15 is 0 Å². The lowest BCUT2D eigenvalue weighted by Gasteiger charge is -2.15. The molecule has 1 fully saturated rings. The van der Waals surface area contributed by atoms with E-state index in [2.05, 4.69) is 10.4 Å². The number of nitrogens with zero attached hydrogens (tertiary/aromatic N) is 3. The lowest BCUT2D eigenvalue weighted by atomic mass is 10.1. The Labute approximate surface area is 151 Å². The van der Waals surface area contributed by atoms with Gasteiger partial charge in [0, 0.05) is 43.5 Å². The van der Waals surface area contributed by atoms with E-state index in [0.29, 0.717) is 29.3 Å². The summed E-state index contributed by atoms with van der Waals surface area (Å²) in [6, 6.07) is 5.97. The number of amides is 1. The molecule has 25 heavy (non-hydrogen) atoms. The van der Waals surface area contributed by atoms with Crippen molar-refractivity contribution in [1.82, 2.24) is 15.1 Å². The largest absolute Gasteiger partial charge is 0.348 e. The van der Waals surface area contributed by atoms with Gasteiger partial charge in [0.15, 0.2) is 0 Å². The third-order valence-corrected chi connectivity index (χ3v) is 4.19. The number of nitro groups is 1. The Balaban J connectivity index is 0.00000225. The predicted octanol–water partition coefficient (Wildman–Crippen LogP) is 1.88. The summed E-state index contributed by atoms with van der Waals surface area (Å²) in [5.41, 5.74) is 7.32. The lowest BCUT2D eigenvalue weighted by molar-refractivity contribution is -0.384. The smallest absolute Gasteiger partial charge is 0.269 e. The van der Waals surface area contributed by atoms with Crippen LogP contribution >= 0.6 is 12.4 Å². The van der Waals surface area contributed by atoms with Crippen molar-refractivity contribution in [2.24, 2.45) is 18.7 Å². The SMILES string of the molecule is Cl.Cn1cc(C(=O)NC(CN)C2CC2)c(-c2ccc([N+](=O)[O-])cc2)n1. The van der Waals surface area contributed by atoms with Crippen molar-refractivity contribution < 1.29 is 9.72 Å². The summed E-state index contributed by atoms with van der Waals surface area (Å²) in [5, 5.41) is 18.1. The normalized spacial score (nSPS) is 14.5. The van der Waals surface area contributed by atoms with E-state index in [9.17, 15) is 14.9 Å². The molecule has 8 nitrogen and oxygen atoms in total. The number of nitrogens with one attached hydrogen (secondary N) is 1. The molecular weight excluding hydrogens is 346 g/mol. The number of rotatable bonds is 6. The van der Waals surface area contributed by atoms with Gasteiger partial charge in [-0.1, -0.05) is 0 Å². The summed E-state index contributed by atoms with van der Waals surface area (Å²) in [6.07, 6.45) is 3.82. The third-order valence-electron chi connectivity index (χ3n) is 4.19. The Morgan fingerprint density at radius 2 is 2.08 bits per heavy atom. The topological polar surface area (TPSA) is 116 Å². The van der Waals surface area contributed by atoms with E-state index in [1.807, 2.05) is 0 Å². The van der Waals surface area contributed by atoms with E-state index in [4.69, 9.17) is 5.73 Å². The van der Waals surface area contributed by atoms with Crippen LogP contribution in [-0.4, -0.2) is 33.2 Å². The number of nitro benzene ring substituents is 1. The van der Waals surface area contributed by atoms with Gasteiger partial charge in [0.25, 0.3) is 11.6 Å². The van der Waals surface area contributed by atoms with E-state index in [-0.39, 0.29) is 30.0 Å². The van der Waals surface area contributed by atoms with Gasteiger partial charge in [-0.15, -0.1) is 12.4 Å². The van der Waals surface area contributed by atoms with Crippen LogP contribution in [0.1, 0.15) is 23.2 Å². The molecule has 134 valence electrons. The Morgan fingerprint density at radius 1 is 1.44 bits per heavy atom. The molecule has 0 saturated heterocycles. The molecule has 1 saturated carbocycles. The van der Waals surface area contributed by atoms with Crippen LogP contribution in [-0.2, 0) is 7.05 Å². The summed E-state index contributed by atoms with van der Waals surface area (Å²) in [7, 11) is 1.73. The summed E-state index contributed by atoms with van der Waals surface area (Å²) < 4.78 is 1.56. The van der Waals surface area contributed by atoms with Crippen molar-refractivity contribution in [3.8, 4) is 11.3 Å². The average molecular weight is 366 g/mol. The Morgan fingerprint density at radius 3 is 2.60 bits per heavy atom. The molecule has 0 aliphatic heterocycles. The number of nitrogens with two attached hydrogens (primary N) is 1. The van der Waals surface area contributed by atoms with E-state index in [0.717, 1.165) is 12.8 Å². The molecule has 3 rings (SSSR count). The van der Waals surface area contributed by atoms with Crippen LogP contribution in [0.4, 0.5) is 5.69 Å². The summed E-state index contributed by atoms with van der Waals surface area (Å²) in [5.74, 6) is 0.234. The first-order chi connectivity index (χ1) is 11.5. The minimum Gasteiger partial charge on any atom is -0.348 e. The third kappa shape index (κ3) is 4.15. The maximum Gasteiger partial charge on any atom is 0.269 e. The molecule has 1 aliphatic carbocycles. The van der Waals surface area contributed by atoms with E-state index in [1.165, 1.54) is 12.1 Å². The zero-order valence-electron chi connectivity index (χ0n) is 13.7. The van der Waals surface area contributed by atoms with Gasteiger partial charge in [-0.25, -0.2) is 0 Å². The van der Waals surface area contributed by atoms with Crippen LogP contribution in [0.5, 0.6) is 0 Å². The average Bonchev–Trinajstić information content (AvgIpc) is 3.34. The Bertz CT molecular complexity index is 771. The summed E-state index contributed by atoms with van der Waals surface area (Å²) >= 11 is 0. The second-order valence-corrected chi connectivity index (χ2v) is 6.02. The van der Waals surface area contributed by atoms with Crippen LogP contribution in [0.15, 0.2) is 30.5 Å². The maximum atomic E-state index is 12.6. The molecule has 9 heteroatoms. The first-order valence-corrected chi connectivity index (χ1v) is 7.79. The van der Waals surface area contributed by atoms with Crippen molar-refractivity contribution in [2.75, 3.05) is 6.54 Å². The van der Waals surface area contributed by atoms with Crippen LogP contribution in [0, 0.1) is 16.0 Å². The highest BCUT2D eigenvalue weighted by Gasteiger charge is 2.32. The van der Waals surface area contributed by atoms with E-state index in [1.54, 1.807) is 30.1 Å². The zero-order valence-corrected chi connectivity index (χ0v) is 14.5. The molecule has 1 unspecified atom stereocenters. The highest BCUT2D eigenvalue weighted by Crippen LogP contribution is 2.32. The number of hydrogen-bond acceptors (Lipinski definition) is 5. The molecule has 1 atom stereocenters. The highest BCUT2D eigenvalue weighted by molar-refractivity contribution is 6.00. The molecule has 0 spiro atoms. The minimum absolute atomic E-state index is 0. The molecule has 1 aromatic carbocycles. The van der Waals surface area contributed by atoms with Crippen LogP contribution in [0.25, 0.3) is 11.3 Å². The fraction of sp³-hybridized carbons (Fsp3) is 0.375. The van der Waals surface area contributed by atoms with Gasteiger partial charge in [0.1, 0.15) is 5.69 Å². The zero-order chi connectivity index (χ0) is 17.3. The first-order valence-electron chi connectivity index (χ1n) is 7.79. The van der Waals surface area contributed by atoms with Crippen LogP contribution < -0.4 is 11.1 Å². The molecule has 1 aliphatic rings. The number of aryl methyl sites for hydroxylation is 1. The first kappa shape index (κ1) is 18.9. The molecule has 1 heterocycles. The Hall–Kier alpha value is -2.45. The van der Waals surface area contributed by atoms with Gasteiger partial charge < -0.3 is 11.1 Å². The van der Waals surface area contributed by atoms with Crippen molar-refractivity contribution in [3.63, 3.8) is 0 Å². The van der Waals surface area contributed by atoms with Gasteiger partial charge >= 0.3 is 0 Å². The molecule has 1 aromatic heterocycles. The highest BCUT2D eigenvalue weighted by atomic mass is 35.5. The van der Waals surface area contributed by atoms with Gasteiger partial charge in [-0.3, -0.25) is 19.6 Å². The van der Waals surface area contributed by atoms with Gasteiger partial charge in [0.2, 0.25) is 0 Å². The number of benzene rings is 1. The monoisotopic (exact) mass is 365 g/mol. The molecule has 0 bridgehead atoms. The lowest BCUT2D eigenvalue weighted by Crippen LogP contribution is -2.41. The Kier molecular flexibility index (Phi) is 5.76. The molecule has 0 radical (unpaired) electrons. The molecular formula is C16H20ClN5O3. The standard InChI is InChI=1S/C16H19N5O3.ClH/c1-20-9-13(16(22)18-14(8-17)10-2-3-10)15(19-20)11-4-6-12(7-5-11)21(23)24;/h4-7,9-10,14H,2-3,8,17H2,1H3,(H,18,22);1H. The van der Waals surface area contributed by atoms with Crippen LogP contribution in [0.2, 0.25) is 0 Å². The number of aromatic nitrogens is 2. The van der Waals surface area contributed by atoms with Crippen molar-refractivity contribution in [1.29, 1.82) is 0 Å².